The molecule has 2 N–H and O–H groups in total. The molecule has 1 aromatic heterocycles. The summed E-state index contributed by atoms with van der Waals surface area (Å²) >= 11 is 12.0. The molecule has 2 amide bonds. The maximum absolute atomic E-state index is 12.7. The number of hydrogen-bond acceptors (Lipinski definition) is 5. The van der Waals surface area contributed by atoms with E-state index in [1.165, 1.54) is 43.8 Å². The van der Waals surface area contributed by atoms with Crippen molar-refractivity contribution in [1.29, 1.82) is 0 Å². The summed E-state index contributed by atoms with van der Waals surface area (Å²) in [5.74, 6) is -1.67. The maximum atomic E-state index is 12.7. The van der Waals surface area contributed by atoms with Gasteiger partial charge in [0.05, 0.1) is 34.6 Å². The van der Waals surface area contributed by atoms with E-state index in [4.69, 9.17) is 27.9 Å². The van der Waals surface area contributed by atoms with Crippen LogP contribution in [0.1, 0.15) is 31.1 Å². The molecule has 9 heteroatoms. The van der Waals surface area contributed by atoms with Crippen LogP contribution in [0.15, 0.2) is 60.9 Å². The number of aromatic nitrogens is 1. The van der Waals surface area contributed by atoms with E-state index in [0.717, 1.165) is 0 Å². The molecule has 0 fully saturated rings. The molecule has 2 aromatic carbocycles. The molecular formula is C21H15Cl2N3O4. The zero-order valence-corrected chi connectivity index (χ0v) is 17.1. The number of pyridine rings is 1. The Morgan fingerprint density at radius 2 is 1.63 bits per heavy atom. The van der Waals surface area contributed by atoms with Crippen LogP contribution in [-0.2, 0) is 4.74 Å². The number of anilines is 2. The van der Waals surface area contributed by atoms with E-state index in [2.05, 4.69) is 15.6 Å². The number of halogens is 2. The van der Waals surface area contributed by atoms with Crippen LogP contribution < -0.4 is 10.6 Å². The minimum Gasteiger partial charge on any atom is -0.465 e. The van der Waals surface area contributed by atoms with Gasteiger partial charge in [0.25, 0.3) is 11.8 Å². The Morgan fingerprint density at radius 3 is 2.33 bits per heavy atom. The first-order valence-corrected chi connectivity index (χ1v) is 9.35. The molecule has 0 bridgehead atoms. The first kappa shape index (κ1) is 21.3. The number of carbonyl (C=O) groups is 3. The molecule has 3 rings (SSSR count). The number of nitrogens with zero attached hydrogens (tertiary/aromatic N) is 1. The molecule has 7 nitrogen and oxygen atoms in total. The predicted octanol–water partition coefficient (Wildman–Crippen LogP) is 4.68. The molecule has 0 radical (unpaired) electrons. The van der Waals surface area contributed by atoms with Gasteiger partial charge < -0.3 is 15.4 Å². The highest BCUT2D eigenvalue weighted by Gasteiger charge is 2.18. The van der Waals surface area contributed by atoms with Gasteiger partial charge >= 0.3 is 5.97 Å². The van der Waals surface area contributed by atoms with E-state index in [9.17, 15) is 14.4 Å². The highest BCUT2D eigenvalue weighted by molar-refractivity contribution is 6.36. The molecule has 0 aliphatic rings. The second-order valence-corrected chi connectivity index (χ2v) is 6.87. The van der Waals surface area contributed by atoms with Crippen LogP contribution in [0.4, 0.5) is 11.4 Å². The van der Waals surface area contributed by atoms with E-state index in [-0.39, 0.29) is 22.4 Å². The lowest BCUT2D eigenvalue weighted by atomic mass is 10.1. The molecule has 30 heavy (non-hydrogen) atoms. The lowest BCUT2D eigenvalue weighted by Gasteiger charge is -2.13. The van der Waals surface area contributed by atoms with Crippen molar-refractivity contribution >= 4 is 52.4 Å². The Hall–Kier alpha value is -3.42. The summed E-state index contributed by atoms with van der Waals surface area (Å²) in [7, 11) is 1.22. The normalized spacial score (nSPS) is 10.2. The number of hydrogen-bond donors (Lipinski definition) is 2. The summed E-state index contributed by atoms with van der Waals surface area (Å²) in [6.07, 6.45) is 2.91. The highest BCUT2D eigenvalue weighted by atomic mass is 35.5. The van der Waals surface area contributed by atoms with Crippen LogP contribution >= 0.6 is 23.2 Å². The van der Waals surface area contributed by atoms with Gasteiger partial charge in [-0.15, -0.1) is 0 Å². The minimum atomic E-state index is -0.665. The average molecular weight is 444 g/mol. The molecule has 152 valence electrons. The van der Waals surface area contributed by atoms with Crippen LogP contribution in [0.3, 0.4) is 0 Å². The van der Waals surface area contributed by atoms with Gasteiger partial charge in [-0.1, -0.05) is 23.2 Å². The minimum absolute atomic E-state index is 0.0899. The van der Waals surface area contributed by atoms with E-state index in [0.29, 0.717) is 15.7 Å². The predicted molar refractivity (Wildman–Crippen MR) is 114 cm³/mol. The summed E-state index contributed by atoms with van der Waals surface area (Å²) in [4.78, 5) is 41.2. The molecule has 0 atom stereocenters. The van der Waals surface area contributed by atoms with Crippen LogP contribution in [0.5, 0.6) is 0 Å². The highest BCUT2D eigenvalue weighted by Crippen LogP contribution is 2.27. The van der Waals surface area contributed by atoms with E-state index in [1.54, 1.807) is 24.3 Å². The summed E-state index contributed by atoms with van der Waals surface area (Å²) in [6.45, 7) is 0. The molecule has 0 saturated carbocycles. The fourth-order valence-corrected chi connectivity index (χ4v) is 2.89. The lowest BCUT2D eigenvalue weighted by Crippen LogP contribution is -2.18. The Balaban J connectivity index is 1.91. The standard InChI is InChI=1S/C21H15Cl2N3O4/c1-30-21(29)15-6-4-12(19(27)26-18-10-14(22)5-7-16(18)23)9-17(15)25-20(28)13-3-2-8-24-11-13/h2-11H,1H3,(H,25,28)(H,26,27). The first-order valence-electron chi connectivity index (χ1n) is 8.59. The summed E-state index contributed by atoms with van der Waals surface area (Å²) < 4.78 is 4.75. The largest absolute Gasteiger partial charge is 0.465 e. The Bertz CT molecular complexity index is 1120. The molecule has 0 aliphatic heterocycles. The second kappa shape index (κ2) is 9.39. The van der Waals surface area contributed by atoms with Crippen LogP contribution in [0.2, 0.25) is 10.0 Å². The van der Waals surface area contributed by atoms with Gasteiger partial charge in [0.2, 0.25) is 0 Å². The van der Waals surface area contributed by atoms with Crippen molar-refractivity contribution in [1.82, 2.24) is 4.98 Å². The third-order valence-electron chi connectivity index (χ3n) is 4.04. The van der Waals surface area contributed by atoms with Gasteiger partial charge in [-0.25, -0.2) is 4.79 Å². The molecule has 0 saturated heterocycles. The first-order chi connectivity index (χ1) is 14.4. The van der Waals surface area contributed by atoms with E-state index in [1.807, 2.05) is 0 Å². The van der Waals surface area contributed by atoms with Crippen molar-refractivity contribution in [2.45, 2.75) is 0 Å². The third kappa shape index (κ3) is 4.94. The fourth-order valence-electron chi connectivity index (χ4n) is 2.56. The quantitative estimate of drug-likeness (QED) is 0.557. The van der Waals surface area contributed by atoms with E-state index < -0.39 is 17.8 Å². The number of carbonyl (C=O) groups excluding carboxylic acids is 3. The number of ether oxygens (including phenoxy) is 1. The maximum Gasteiger partial charge on any atom is 0.339 e. The third-order valence-corrected chi connectivity index (χ3v) is 4.60. The lowest BCUT2D eigenvalue weighted by molar-refractivity contribution is 0.0601. The van der Waals surface area contributed by atoms with Crippen molar-refractivity contribution in [3.8, 4) is 0 Å². The van der Waals surface area contributed by atoms with Crippen LogP contribution in [0, 0.1) is 0 Å². The number of esters is 1. The Morgan fingerprint density at radius 1 is 0.900 bits per heavy atom. The van der Waals surface area contributed by atoms with Crippen LogP contribution in [0.25, 0.3) is 0 Å². The molecule has 0 spiro atoms. The van der Waals surface area contributed by atoms with E-state index >= 15 is 0 Å². The Kier molecular flexibility index (Phi) is 6.66. The van der Waals surface area contributed by atoms with Crippen LogP contribution in [-0.4, -0.2) is 29.9 Å². The van der Waals surface area contributed by atoms with Gasteiger partial charge in [0, 0.05) is 23.0 Å². The smallest absolute Gasteiger partial charge is 0.339 e. The molecule has 0 unspecified atom stereocenters. The number of rotatable bonds is 5. The summed E-state index contributed by atoms with van der Waals surface area (Å²) in [5, 5.41) is 5.97. The average Bonchev–Trinajstić information content (AvgIpc) is 2.76. The van der Waals surface area contributed by atoms with Gasteiger partial charge in [-0.2, -0.15) is 0 Å². The van der Waals surface area contributed by atoms with Gasteiger partial charge in [-0.3, -0.25) is 14.6 Å². The zero-order valence-electron chi connectivity index (χ0n) is 15.6. The molecule has 3 aromatic rings. The van der Waals surface area contributed by atoms with Gasteiger partial charge in [-0.05, 0) is 48.5 Å². The summed E-state index contributed by atoms with van der Waals surface area (Å²) in [5.41, 5.74) is 0.994. The van der Waals surface area contributed by atoms with Crippen molar-refractivity contribution in [3.63, 3.8) is 0 Å². The fraction of sp³-hybridized carbons (Fsp3) is 0.0476. The summed E-state index contributed by atoms with van der Waals surface area (Å²) in [6, 6.07) is 12.0. The zero-order chi connectivity index (χ0) is 21.7. The topological polar surface area (TPSA) is 97.4 Å². The SMILES string of the molecule is COC(=O)c1ccc(C(=O)Nc2cc(Cl)ccc2Cl)cc1NC(=O)c1cccnc1. The van der Waals surface area contributed by atoms with Gasteiger partial charge in [0.15, 0.2) is 0 Å². The van der Waals surface area contributed by atoms with Crippen molar-refractivity contribution in [2.75, 3.05) is 17.7 Å². The number of benzene rings is 2. The number of methoxy groups -OCH3 is 1. The van der Waals surface area contributed by atoms with Crippen molar-refractivity contribution in [2.24, 2.45) is 0 Å². The number of nitrogens with one attached hydrogen (secondary N) is 2. The molecule has 0 aliphatic carbocycles. The molecule has 1 heterocycles. The second-order valence-electron chi connectivity index (χ2n) is 6.03. The van der Waals surface area contributed by atoms with Crippen molar-refractivity contribution < 1.29 is 19.1 Å². The Labute approximate surface area is 182 Å². The molecular weight excluding hydrogens is 429 g/mol. The van der Waals surface area contributed by atoms with Gasteiger partial charge in [0.1, 0.15) is 0 Å². The number of amides is 2. The van der Waals surface area contributed by atoms with Crippen molar-refractivity contribution in [3.05, 3.63) is 87.7 Å². The monoisotopic (exact) mass is 443 g/mol.